The van der Waals surface area contributed by atoms with Gasteiger partial charge in [-0.1, -0.05) is 41.9 Å². The lowest BCUT2D eigenvalue weighted by atomic mass is 10.1. The van der Waals surface area contributed by atoms with Gasteiger partial charge >= 0.3 is 6.03 Å². The van der Waals surface area contributed by atoms with Crippen molar-refractivity contribution >= 4 is 23.5 Å². The Balaban J connectivity index is 1.74. The molecule has 0 aliphatic heterocycles. The number of carbonyl (C=O) groups excluding carboxylic acids is 2. The molecule has 0 fully saturated rings. The predicted octanol–water partition coefficient (Wildman–Crippen LogP) is 3.99. The van der Waals surface area contributed by atoms with Gasteiger partial charge in [-0.3, -0.25) is 4.79 Å². The summed E-state index contributed by atoms with van der Waals surface area (Å²) in [5.41, 5.74) is 8.68. The van der Waals surface area contributed by atoms with Crippen LogP contribution in [0.2, 0.25) is 5.02 Å². The summed E-state index contributed by atoms with van der Waals surface area (Å²) < 4.78 is 1.83. The quantitative estimate of drug-likeness (QED) is 0.493. The Hall–Kier alpha value is -3.32. The van der Waals surface area contributed by atoms with Crippen LogP contribution < -0.4 is 11.1 Å². The first-order valence-electron chi connectivity index (χ1n) is 10.1. The van der Waals surface area contributed by atoms with E-state index in [4.69, 9.17) is 22.4 Å². The second-order valence-corrected chi connectivity index (χ2v) is 7.72. The highest BCUT2D eigenvalue weighted by Gasteiger charge is 2.17. The van der Waals surface area contributed by atoms with E-state index in [9.17, 15) is 9.59 Å². The lowest BCUT2D eigenvalue weighted by Gasteiger charge is -2.17. The Kier molecular flexibility index (Phi) is 7.67. The van der Waals surface area contributed by atoms with Gasteiger partial charge in [0.25, 0.3) is 0 Å². The number of unbranched alkanes of at least 4 members (excludes halogenated alkanes) is 1. The van der Waals surface area contributed by atoms with Crippen LogP contribution >= 0.6 is 11.6 Å². The molecule has 7 nitrogen and oxygen atoms in total. The van der Waals surface area contributed by atoms with E-state index >= 15 is 0 Å². The molecule has 8 heteroatoms. The molecule has 0 unspecified atom stereocenters. The van der Waals surface area contributed by atoms with Crippen LogP contribution in [-0.4, -0.2) is 40.2 Å². The van der Waals surface area contributed by atoms with Crippen molar-refractivity contribution in [3.05, 3.63) is 71.4 Å². The normalized spacial score (nSPS) is 10.6. The molecule has 162 valence electrons. The summed E-state index contributed by atoms with van der Waals surface area (Å²) >= 11 is 6.05. The number of amides is 3. The minimum absolute atomic E-state index is 0.0357. The van der Waals surface area contributed by atoms with Crippen molar-refractivity contribution in [1.29, 1.82) is 0 Å². The second-order valence-electron chi connectivity index (χ2n) is 7.29. The first-order chi connectivity index (χ1) is 14.9. The molecule has 3 aromatic rings. The third-order valence-corrected chi connectivity index (χ3v) is 5.13. The van der Waals surface area contributed by atoms with Crippen molar-refractivity contribution in [2.75, 3.05) is 13.6 Å². The van der Waals surface area contributed by atoms with Crippen molar-refractivity contribution < 1.29 is 9.59 Å². The average molecular weight is 440 g/mol. The van der Waals surface area contributed by atoms with E-state index in [-0.39, 0.29) is 5.91 Å². The van der Waals surface area contributed by atoms with Crippen molar-refractivity contribution in [3.63, 3.8) is 0 Å². The number of para-hydroxylation sites is 1. The molecule has 1 aromatic heterocycles. The van der Waals surface area contributed by atoms with Gasteiger partial charge < -0.3 is 16.0 Å². The monoisotopic (exact) mass is 439 g/mol. The zero-order chi connectivity index (χ0) is 22.2. The fourth-order valence-electron chi connectivity index (χ4n) is 3.24. The van der Waals surface area contributed by atoms with Gasteiger partial charge in [0, 0.05) is 48.9 Å². The van der Waals surface area contributed by atoms with Crippen molar-refractivity contribution in [3.8, 4) is 16.9 Å². The largest absolute Gasteiger partial charge is 0.352 e. The van der Waals surface area contributed by atoms with Crippen LogP contribution in [0.4, 0.5) is 4.79 Å². The van der Waals surface area contributed by atoms with E-state index in [1.807, 2.05) is 65.5 Å². The van der Waals surface area contributed by atoms with Crippen LogP contribution in [0, 0.1) is 0 Å². The number of rotatable bonds is 9. The minimum atomic E-state index is -0.548. The van der Waals surface area contributed by atoms with Crippen LogP contribution in [0.25, 0.3) is 16.9 Å². The molecule has 0 bridgehead atoms. The summed E-state index contributed by atoms with van der Waals surface area (Å²) in [4.78, 5) is 25.0. The number of benzene rings is 2. The van der Waals surface area contributed by atoms with Crippen LogP contribution in [-0.2, 0) is 11.3 Å². The number of primary amides is 1. The van der Waals surface area contributed by atoms with Crippen LogP contribution in [0.5, 0.6) is 0 Å². The van der Waals surface area contributed by atoms with E-state index in [0.29, 0.717) is 37.4 Å². The van der Waals surface area contributed by atoms with E-state index in [0.717, 1.165) is 22.5 Å². The number of halogens is 1. The molecular weight excluding hydrogens is 414 g/mol. The van der Waals surface area contributed by atoms with Gasteiger partial charge in [-0.05, 0) is 37.1 Å². The number of nitrogens with zero attached hydrogens (tertiary/aromatic N) is 3. The molecule has 3 rings (SSSR count). The Morgan fingerprint density at radius 2 is 1.81 bits per heavy atom. The molecule has 31 heavy (non-hydrogen) atoms. The van der Waals surface area contributed by atoms with E-state index in [2.05, 4.69) is 5.32 Å². The maximum Gasteiger partial charge on any atom is 0.312 e. The minimum Gasteiger partial charge on any atom is -0.352 e. The summed E-state index contributed by atoms with van der Waals surface area (Å²) in [7, 11) is 1.79. The number of nitrogens with one attached hydrogen (secondary N) is 1. The van der Waals surface area contributed by atoms with Gasteiger partial charge in [0.1, 0.15) is 0 Å². The van der Waals surface area contributed by atoms with E-state index in [1.165, 1.54) is 0 Å². The summed E-state index contributed by atoms with van der Waals surface area (Å²) in [6, 6.07) is 16.8. The molecule has 0 atom stereocenters. The van der Waals surface area contributed by atoms with E-state index in [1.54, 1.807) is 11.9 Å². The topological polar surface area (TPSA) is 93.2 Å². The predicted molar refractivity (Wildman–Crippen MR) is 122 cm³/mol. The second kappa shape index (κ2) is 10.6. The lowest BCUT2D eigenvalue weighted by Crippen LogP contribution is -2.30. The van der Waals surface area contributed by atoms with Crippen LogP contribution in [0.3, 0.4) is 0 Å². The van der Waals surface area contributed by atoms with Gasteiger partial charge in [-0.15, -0.1) is 0 Å². The smallest absolute Gasteiger partial charge is 0.312 e. The molecular formula is C23H26ClN5O2. The van der Waals surface area contributed by atoms with Crippen molar-refractivity contribution in [1.82, 2.24) is 20.0 Å². The number of hydrogen-bond acceptors (Lipinski definition) is 3. The van der Waals surface area contributed by atoms with Crippen molar-refractivity contribution in [2.24, 2.45) is 5.73 Å². The summed E-state index contributed by atoms with van der Waals surface area (Å²) in [6.07, 6.45) is 3.74. The van der Waals surface area contributed by atoms with Gasteiger partial charge in [0.2, 0.25) is 5.91 Å². The van der Waals surface area contributed by atoms with Crippen LogP contribution in [0.15, 0.2) is 60.8 Å². The molecule has 3 N–H and O–H groups in total. The average Bonchev–Trinajstić information content (AvgIpc) is 3.18. The summed E-state index contributed by atoms with van der Waals surface area (Å²) in [6.45, 7) is 0.903. The summed E-state index contributed by atoms with van der Waals surface area (Å²) in [5.74, 6) is 0.0357. The number of urea groups is 1. The van der Waals surface area contributed by atoms with Gasteiger partial charge in [0.05, 0.1) is 11.4 Å². The number of aromatic nitrogens is 2. The molecule has 0 radical (unpaired) electrons. The third-order valence-electron chi connectivity index (χ3n) is 4.88. The molecule has 1 heterocycles. The maximum atomic E-state index is 12.6. The fourth-order valence-corrected chi connectivity index (χ4v) is 3.36. The SMILES string of the molecule is CN(Cc1cn(-c2ccccc2)nc1-c1ccc(Cl)cc1)C(=O)CCCCNC(N)=O. The van der Waals surface area contributed by atoms with Gasteiger partial charge in [-0.25, -0.2) is 9.48 Å². The number of hydrogen-bond donors (Lipinski definition) is 2. The molecule has 0 aliphatic carbocycles. The third kappa shape index (κ3) is 6.33. The molecule has 2 aromatic carbocycles. The fraction of sp³-hybridized carbons (Fsp3) is 0.261. The molecule has 0 spiro atoms. The Morgan fingerprint density at radius 3 is 2.48 bits per heavy atom. The first-order valence-corrected chi connectivity index (χ1v) is 10.5. The highest BCUT2D eigenvalue weighted by molar-refractivity contribution is 6.30. The Bertz CT molecular complexity index is 1020. The Labute approximate surface area is 186 Å². The first kappa shape index (κ1) is 22.4. The molecule has 0 aliphatic rings. The maximum absolute atomic E-state index is 12.6. The van der Waals surface area contributed by atoms with Gasteiger partial charge in [-0.2, -0.15) is 5.10 Å². The van der Waals surface area contributed by atoms with E-state index < -0.39 is 6.03 Å². The highest BCUT2D eigenvalue weighted by atomic mass is 35.5. The highest BCUT2D eigenvalue weighted by Crippen LogP contribution is 2.26. The zero-order valence-corrected chi connectivity index (χ0v) is 18.2. The molecule has 0 saturated heterocycles. The number of carbonyl (C=O) groups is 2. The summed E-state index contributed by atoms with van der Waals surface area (Å²) in [5, 5.41) is 7.97. The number of nitrogens with two attached hydrogens (primary N) is 1. The standard InChI is InChI=1S/C23H26ClN5O2/c1-28(21(30)9-5-6-14-26-23(25)31)15-18-16-29(20-7-3-2-4-8-20)27-22(18)17-10-12-19(24)13-11-17/h2-4,7-8,10-13,16H,5-6,9,14-15H2,1H3,(H3,25,26,31). The Morgan fingerprint density at radius 1 is 1.10 bits per heavy atom. The lowest BCUT2D eigenvalue weighted by molar-refractivity contribution is -0.130. The molecule has 0 saturated carbocycles. The van der Waals surface area contributed by atoms with Gasteiger partial charge in [0.15, 0.2) is 0 Å². The van der Waals surface area contributed by atoms with Crippen LogP contribution in [0.1, 0.15) is 24.8 Å². The van der Waals surface area contributed by atoms with Crippen molar-refractivity contribution in [2.45, 2.75) is 25.8 Å². The molecule has 3 amide bonds. The zero-order valence-electron chi connectivity index (χ0n) is 17.4.